The van der Waals surface area contributed by atoms with Gasteiger partial charge in [-0.25, -0.2) is 4.39 Å². The number of esters is 1. The van der Waals surface area contributed by atoms with Gasteiger partial charge in [0.1, 0.15) is 21.8 Å². The van der Waals surface area contributed by atoms with Gasteiger partial charge in [-0.2, -0.15) is 0 Å². The average molecular weight is 342 g/mol. The third-order valence-electron chi connectivity index (χ3n) is 3.59. The van der Waals surface area contributed by atoms with Crippen molar-refractivity contribution < 1.29 is 13.9 Å². The van der Waals surface area contributed by atoms with E-state index in [0.717, 1.165) is 16.3 Å². The number of fused-ring (bicyclic) bond motifs is 1. The van der Waals surface area contributed by atoms with Crippen LogP contribution in [0.1, 0.15) is 6.92 Å². The Labute approximate surface area is 143 Å². The standard InChI is InChI=1S/C18H15FN2O2S/c1-11(18(22)23-2)24-17-15-6-4-3-5-14(15)16(20-21-17)12-7-9-13(19)10-8-12/h3-11H,1-2H3. The summed E-state index contributed by atoms with van der Waals surface area (Å²) >= 11 is 1.30. The van der Waals surface area contributed by atoms with Crippen molar-refractivity contribution in [2.75, 3.05) is 7.11 Å². The van der Waals surface area contributed by atoms with Gasteiger partial charge in [-0.1, -0.05) is 36.0 Å². The van der Waals surface area contributed by atoms with Crippen LogP contribution in [-0.2, 0) is 9.53 Å². The molecular weight excluding hydrogens is 327 g/mol. The first-order valence-corrected chi connectivity index (χ1v) is 8.24. The lowest BCUT2D eigenvalue weighted by Crippen LogP contribution is -2.15. The number of ether oxygens (including phenoxy) is 1. The predicted octanol–water partition coefficient (Wildman–Crippen LogP) is 4.09. The summed E-state index contributed by atoms with van der Waals surface area (Å²) in [5.41, 5.74) is 1.47. The maximum absolute atomic E-state index is 13.1. The third-order valence-corrected chi connectivity index (χ3v) is 4.66. The van der Waals surface area contributed by atoms with Crippen molar-refractivity contribution >= 4 is 28.5 Å². The van der Waals surface area contributed by atoms with E-state index >= 15 is 0 Å². The van der Waals surface area contributed by atoms with Gasteiger partial charge in [-0.05, 0) is 31.2 Å². The second-order valence-electron chi connectivity index (χ2n) is 5.19. The number of aromatic nitrogens is 2. The van der Waals surface area contributed by atoms with Crippen LogP contribution >= 0.6 is 11.8 Å². The molecule has 0 radical (unpaired) electrons. The monoisotopic (exact) mass is 342 g/mol. The first-order chi connectivity index (χ1) is 11.6. The molecule has 0 bridgehead atoms. The number of hydrogen-bond acceptors (Lipinski definition) is 5. The number of nitrogens with zero attached hydrogens (tertiary/aromatic N) is 2. The maximum atomic E-state index is 13.1. The Hall–Kier alpha value is -2.47. The molecule has 122 valence electrons. The summed E-state index contributed by atoms with van der Waals surface area (Å²) in [4.78, 5) is 11.6. The normalized spacial score (nSPS) is 12.1. The van der Waals surface area contributed by atoms with Gasteiger partial charge in [0.15, 0.2) is 0 Å². The smallest absolute Gasteiger partial charge is 0.318 e. The molecule has 0 N–H and O–H groups in total. The molecular formula is C18H15FN2O2S. The summed E-state index contributed by atoms with van der Waals surface area (Å²) in [7, 11) is 1.36. The molecule has 1 atom stereocenters. The van der Waals surface area contributed by atoms with Crippen molar-refractivity contribution in [3.8, 4) is 11.3 Å². The highest BCUT2D eigenvalue weighted by Gasteiger charge is 2.18. The maximum Gasteiger partial charge on any atom is 0.318 e. The molecule has 0 saturated heterocycles. The molecule has 6 heteroatoms. The second-order valence-corrected chi connectivity index (χ2v) is 6.52. The fourth-order valence-corrected chi connectivity index (χ4v) is 3.29. The minimum absolute atomic E-state index is 0.296. The largest absolute Gasteiger partial charge is 0.468 e. The molecule has 0 amide bonds. The van der Waals surface area contributed by atoms with E-state index in [9.17, 15) is 9.18 Å². The number of rotatable bonds is 4. The molecule has 0 aliphatic rings. The number of thioether (sulfide) groups is 1. The molecule has 3 rings (SSSR count). The zero-order valence-electron chi connectivity index (χ0n) is 13.2. The fourth-order valence-electron chi connectivity index (χ4n) is 2.37. The molecule has 0 fully saturated rings. The van der Waals surface area contributed by atoms with Crippen molar-refractivity contribution in [2.24, 2.45) is 0 Å². The minimum Gasteiger partial charge on any atom is -0.468 e. The van der Waals surface area contributed by atoms with Gasteiger partial charge < -0.3 is 4.74 Å². The Morgan fingerprint density at radius 2 is 1.75 bits per heavy atom. The molecule has 1 heterocycles. The molecule has 0 aliphatic carbocycles. The van der Waals surface area contributed by atoms with Crippen LogP contribution < -0.4 is 0 Å². The summed E-state index contributed by atoms with van der Waals surface area (Å²) in [6.45, 7) is 1.76. The summed E-state index contributed by atoms with van der Waals surface area (Å²) in [5.74, 6) is -0.608. The van der Waals surface area contributed by atoms with Gasteiger partial charge in [0.05, 0.1) is 7.11 Å². The van der Waals surface area contributed by atoms with Crippen molar-refractivity contribution in [1.29, 1.82) is 0 Å². The highest BCUT2D eigenvalue weighted by Crippen LogP contribution is 2.33. The highest BCUT2D eigenvalue weighted by molar-refractivity contribution is 8.00. The molecule has 1 unspecified atom stereocenters. The van der Waals surface area contributed by atoms with Crippen LogP contribution in [0.4, 0.5) is 4.39 Å². The molecule has 0 saturated carbocycles. The number of hydrogen-bond donors (Lipinski definition) is 0. The Morgan fingerprint density at radius 1 is 1.08 bits per heavy atom. The van der Waals surface area contributed by atoms with E-state index in [1.54, 1.807) is 19.1 Å². The zero-order chi connectivity index (χ0) is 17.1. The lowest BCUT2D eigenvalue weighted by atomic mass is 10.1. The summed E-state index contributed by atoms with van der Waals surface area (Å²) < 4.78 is 17.9. The van der Waals surface area contributed by atoms with Crippen LogP contribution in [0.3, 0.4) is 0 Å². The van der Waals surface area contributed by atoms with E-state index in [0.29, 0.717) is 10.7 Å². The van der Waals surface area contributed by atoms with Gasteiger partial charge in [-0.3, -0.25) is 4.79 Å². The lowest BCUT2D eigenvalue weighted by molar-refractivity contribution is -0.139. The average Bonchev–Trinajstić information content (AvgIpc) is 2.62. The van der Waals surface area contributed by atoms with E-state index in [2.05, 4.69) is 10.2 Å². The van der Waals surface area contributed by atoms with Crippen LogP contribution in [0.15, 0.2) is 53.6 Å². The minimum atomic E-state index is -0.385. The van der Waals surface area contributed by atoms with Crippen LogP contribution in [0.25, 0.3) is 22.0 Å². The molecule has 4 nitrogen and oxygen atoms in total. The number of carbonyl (C=O) groups excluding carboxylic acids is 1. The van der Waals surface area contributed by atoms with Crippen molar-refractivity contribution in [2.45, 2.75) is 17.2 Å². The van der Waals surface area contributed by atoms with E-state index in [1.165, 1.54) is 31.0 Å². The lowest BCUT2D eigenvalue weighted by Gasteiger charge is -2.12. The number of carbonyl (C=O) groups is 1. The first-order valence-electron chi connectivity index (χ1n) is 7.36. The predicted molar refractivity (Wildman–Crippen MR) is 92.3 cm³/mol. The Bertz CT molecular complexity index is 884. The summed E-state index contributed by atoms with van der Waals surface area (Å²) in [5, 5.41) is 10.6. The fraction of sp³-hybridized carbons (Fsp3) is 0.167. The Balaban J connectivity index is 2.07. The molecule has 2 aromatic carbocycles. The van der Waals surface area contributed by atoms with E-state index < -0.39 is 0 Å². The SMILES string of the molecule is COC(=O)C(C)Sc1nnc(-c2ccc(F)cc2)c2ccccc12. The van der Waals surface area contributed by atoms with Crippen molar-refractivity contribution in [3.05, 3.63) is 54.3 Å². The molecule has 24 heavy (non-hydrogen) atoms. The third kappa shape index (κ3) is 3.23. The summed E-state index contributed by atoms with van der Waals surface area (Å²) in [6, 6.07) is 13.8. The van der Waals surface area contributed by atoms with Crippen LogP contribution in [0.5, 0.6) is 0 Å². The van der Waals surface area contributed by atoms with E-state index in [4.69, 9.17) is 4.74 Å². The second kappa shape index (κ2) is 6.97. The Kier molecular flexibility index (Phi) is 4.76. The van der Waals surface area contributed by atoms with Crippen molar-refractivity contribution in [1.82, 2.24) is 10.2 Å². The van der Waals surface area contributed by atoms with Crippen molar-refractivity contribution in [3.63, 3.8) is 0 Å². The summed E-state index contributed by atoms with van der Waals surface area (Å²) in [6.07, 6.45) is 0. The van der Waals surface area contributed by atoms with Gasteiger partial charge >= 0.3 is 5.97 Å². The van der Waals surface area contributed by atoms with Gasteiger partial charge in [-0.15, -0.1) is 10.2 Å². The molecule has 0 aliphatic heterocycles. The van der Waals surface area contributed by atoms with Crippen LogP contribution in [0.2, 0.25) is 0 Å². The highest BCUT2D eigenvalue weighted by atomic mass is 32.2. The van der Waals surface area contributed by atoms with E-state index in [1.807, 2.05) is 24.3 Å². The van der Waals surface area contributed by atoms with Crippen LogP contribution in [0, 0.1) is 5.82 Å². The van der Waals surface area contributed by atoms with Gasteiger partial charge in [0.2, 0.25) is 0 Å². The number of methoxy groups -OCH3 is 1. The zero-order valence-corrected chi connectivity index (χ0v) is 14.0. The molecule has 3 aromatic rings. The topological polar surface area (TPSA) is 52.1 Å². The van der Waals surface area contributed by atoms with E-state index in [-0.39, 0.29) is 17.0 Å². The quantitative estimate of drug-likeness (QED) is 0.528. The van der Waals surface area contributed by atoms with Gasteiger partial charge in [0, 0.05) is 16.3 Å². The first kappa shape index (κ1) is 16.4. The van der Waals surface area contributed by atoms with Gasteiger partial charge in [0.25, 0.3) is 0 Å². The van der Waals surface area contributed by atoms with Crippen LogP contribution in [-0.4, -0.2) is 28.5 Å². The number of benzene rings is 2. The number of halogens is 1. The Morgan fingerprint density at radius 3 is 2.42 bits per heavy atom. The molecule has 0 spiro atoms. The molecule has 1 aromatic heterocycles.